The summed E-state index contributed by atoms with van der Waals surface area (Å²) >= 11 is 0. The van der Waals surface area contributed by atoms with Crippen molar-refractivity contribution in [3.63, 3.8) is 0 Å². The zero-order valence-corrected chi connectivity index (χ0v) is 13.9. The van der Waals surface area contributed by atoms with E-state index in [1.165, 1.54) is 0 Å². The van der Waals surface area contributed by atoms with Gasteiger partial charge in [0.2, 0.25) is 5.91 Å². The monoisotopic (exact) mass is 309 g/mol. The lowest BCUT2D eigenvalue weighted by Crippen LogP contribution is -2.39. The third-order valence-corrected chi connectivity index (χ3v) is 3.61. The normalized spacial score (nSPS) is 14.4. The van der Waals surface area contributed by atoms with Crippen LogP contribution in [0.25, 0.3) is 0 Å². The van der Waals surface area contributed by atoms with Crippen LogP contribution in [0.4, 0.5) is 0 Å². The Balaban J connectivity index is 2.50. The van der Waals surface area contributed by atoms with Crippen LogP contribution in [0.5, 0.6) is 0 Å². The van der Waals surface area contributed by atoms with Crippen molar-refractivity contribution in [2.75, 3.05) is 6.54 Å². The summed E-state index contributed by atoms with van der Waals surface area (Å²) in [6.45, 7) is 8.95. The molecule has 1 heterocycles. The van der Waals surface area contributed by atoms with E-state index in [0.717, 1.165) is 13.0 Å². The minimum absolute atomic E-state index is 0.0947. The predicted octanol–water partition coefficient (Wildman–Crippen LogP) is 2.16. The maximum atomic E-state index is 12.3. The topological polar surface area (TPSA) is 84.2 Å². The maximum absolute atomic E-state index is 12.3. The molecule has 2 N–H and O–H groups in total. The molecule has 1 aromatic rings. The highest BCUT2D eigenvalue weighted by Crippen LogP contribution is 2.29. The highest BCUT2D eigenvalue weighted by Gasteiger charge is 2.33. The van der Waals surface area contributed by atoms with E-state index in [1.54, 1.807) is 19.4 Å². The van der Waals surface area contributed by atoms with E-state index in [2.05, 4.69) is 10.3 Å². The summed E-state index contributed by atoms with van der Waals surface area (Å²) in [5, 5.41) is 12.1. The van der Waals surface area contributed by atoms with Crippen molar-refractivity contribution >= 4 is 11.9 Å². The van der Waals surface area contributed by atoms with Crippen molar-refractivity contribution in [2.45, 2.75) is 47.1 Å². The fourth-order valence-electron chi connectivity index (χ4n) is 2.35. The molecule has 22 heavy (non-hydrogen) atoms. The van der Waals surface area contributed by atoms with Gasteiger partial charge in [0, 0.05) is 25.5 Å². The van der Waals surface area contributed by atoms with Gasteiger partial charge in [0.1, 0.15) is 0 Å². The average Bonchev–Trinajstić information content (AvgIpc) is 2.92. The number of imidazole rings is 1. The molecule has 0 aliphatic heterocycles. The van der Waals surface area contributed by atoms with E-state index >= 15 is 0 Å². The first-order valence-corrected chi connectivity index (χ1v) is 7.67. The van der Waals surface area contributed by atoms with E-state index < -0.39 is 17.8 Å². The molecule has 0 radical (unpaired) electrons. The van der Waals surface area contributed by atoms with Crippen molar-refractivity contribution in [1.29, 1.82) is 0 Å². The molecule has 0 bridgehead atoms. The molecule has 0 aromatic carbocycles. The zero-order valence-electron chi connectivity index (χ0n) is 13.9. The van der Waals surface area contributed by atoms with Gasteiger partial charge < -0.3 is 15.0 Å². The van der Waals surface area contributed by atoms with Crippen LogP contribution in [0, 0.1) is 17.3 Å². The molecule has 1 rings (SSSR count). The van der Waals surface area contributed by atoms with Crippen LogP contribution < -0.4 is 5.32 Å². The maximum Gasteiger partial charge on any atom is 0.307 e. The molecule has 0 saturated heterocycles. The number of carbonyl (C=O) groups excluding carboxylic acids is 1. The van der Waals surface area contributed by atoms with Gasteiger partial charge in [0.25, 0.3) is 0 Å². The van der Waals surface area contributed by atoms with E-state index in [9.17, 15) is 14.7 Å². The van der Waals surface area contributed by atoms with Crippen LogP contribution in [0.1, 0.15) is 40.5 Å². The molecule has 0 saturated carbocycles. The molecule has 1 aromatic heterocycles. The third-order valence-electron chi connectivity index (χ3n) is 3.61. The molecule has 0 aliphatic carbocycles. The number of aliphatic carboxylic acids is 1. The van der Waals surface area contributed by atoms with Crippen LogP contribution in [-0.4, -0.2) is 33.1 Å². The second kappa shape index (κ2) is 7.96. The molecule has 1 amide bonds. The quantitative estimate of drug-likeness (QED) is 0.721. The minimum atomic E-state index is -0.928. The molecule has 0 aliphatic rings. The summed E-state index contributed by atoms with van der Waals surface area (Å²) in [4.78, 5) is 27.5. The van der Waals surface area contributed by atoms with Crippen molar-refractivity contribution < 1.29 is 14.7 Å². The number of hydrogen-bond donors (Lipinski definition) is 2. The summed E-state index contributed by atoms with van der Waals surface area (Å²) in [7, 11) is 0. The van der Waals surface area contributed by atoms with E-state index in [0.29, 0.717) is 13.0 Å². The highest BCUT2D eigenvalue weighted by molar-refractivity contribution is 5.84. The summed E-state index contributed by atoms with van der Waals surface area (Å²) in [5.41, 5.74) is -0.0947. The first-order chi connectivity index (χ1) is 10.2. The van der Waals surface area contributed by atoms with Gasteiger partial charge in [-0.25, -0.2) is 4.98 Å². The van der Waals surface area contributed by atoms with Gasteiger partial charge in [0.05, 0.1) is 18.2 Å². The van der Waals surface area contributed by atoms with Crippen molar-refractivity contribution in [1.82, 2.24) is 14.9 Å². The van der Waals surface area contributed by atoms with Gasteiger partial charge in [-0.3, -0.25) is 9.59 Å². The number of amides is 1. The lowest BCUT2D eigenvalue weighted by atomic mass is 9.78. The molecule has 6 heteroatoms. The Labute approximate surface area is 131 Å². The Morgan fingerprint density at radius 1 is 1.36 bits per heavy atom. The Kier molecular flexibility index (Phi) is 6.59. The summed E-state index contributed by atoms with van der Waals surface area (Å²) in [5.74, 6) is -2.29. The van der Waals surface area contributed by atoms with Gasteiger partial charge in [-0.05, 0) is 18.3 Å². The van der Waals surface area contributed by atoms with Crippen molar-refractivity contribution in [3.05, 3.63) is 18.7 Å². The summed E-state index contributed by atoms with van der Waals surface area (Å²) in [6.07, 6.45) is 6.65. The first-order valence-electron chi connectivity index (χ1n) is 7.67. The van der Waals surface area contributed by atoms with Gasteiger partial charge >= 0.3 is 5.97 Å². The molecule has 124 valence electrons. The Bertz CT molecular complexity index is 477. The summed E-state index contributed by atoms with van der Waals surface area (Å²) < 4.78 is 1.94. The lowest BCUT2D eigenvalue weighted by Gasteiger charge is -2.27. The number of nitrogens with one attached hydrogen (secondary N) is 1. The van der Waals surface area contributed by atoms with Gasteiger partial charge in [-0.1, -0.05) is 27.7 Å². The number of hydrogen-bond acceptors (Lipinski definition) is 3. The van der Waals surface area contributed by atoms with E-state index in [1.807, 2.05) is 31.5 Å². The second-order valence-electron chi connectivity index (χ2n) is 6.94. The van der Waals surface area contributed by atoms with Crippen molar-refractivity contribution in [3.8, 4) is 0 Å². The van der Waals surface area contributed by atoms with Gasteiger partial charge in [-0.15, -0.1) is 0 Å². The molecular formula is C16H27N3O3. The van der Waals surface area contributed by atoms with Crippen LogP contribution in [0.3, 0.4) is 0 Å². The van der Waals surface area contributed by atoms with Crippen LogP contribution in [0.15, 0.2) is 18.7 Å². The lowest BCUT2D eigenvalue weighted by molar-refractivity contribution is -0.147. The van der Waals surface area contributed by atoms with E-state index in [4.69, 9.17) is 0 Å². The largest absolute Gasteiger partial charge is 0.481 e. The van der Waals surface area contributed by atoms with Crippen LogP contribution >= 0.6 is 0 Å². The Morgan fingerprint density at radius 2 is 2.05 bits per heavy atom. The SMILES string of the molecule is CC(C(=O)O)C(CC(C)(C)C)C(=O)NCCCn1ccnc1. The number of nitrogens with zero attached hydrogens (tertiary/aromatic N) is 2. The van der Waals surface area contributed by atoms with Gasteiger partial charge in [-0.2, -0.15) is 0 Å². The molecule has 2 atom stereocenters. The Morgan fingerprint density at radius 3 is 2.55 bits per heavy atom. The first kappa shape index (κ1) is 18.2. The fraction of sp³-hybridized carbons (Fsp3) is 0.688. The smallest absolute Gasteiger partial charge is 0.307 e. The zero-order chi connectivity index (χ0) is 16.8. The molecule has 2 unspecified atom stereocenters. The molecular weight excluding hydrogens is 282 g/mol. The highest BCUT2D eigenvalue weighted by atomic mass is 16.4. The fourth-order valence-corrected chi connectivity index (χ4v) is 2.35. The number of carboxylic acid groups (broad SMARTS) is 1. The molecule has 0 fully saturated rings. The second-order valence-corrected chi connectivity index (χ2v) is 6.94. The Hall–Kier alpha value is -1.85. The van der Waals surface area contributed by atoms with Crippen LogP contribution in [0.2, 0.25) is 0 Å². The van der Waals surface area contributed by atoms with Gasteiger partial charge in [0.15, 0.2) is 0 Å². The summed E-state index contributed by atoms with van der Waals surface area (Å²) in [6, 6.07) is 0. The number of aromatic nitrogens is 2. The van der Waals surface area contributed by atoms with E-state index in [-0.39, 0.29) is 11.3 Å². The number of carbonyl (C=O) groups is 2. The molecule has 6 nitrogen and oxygen atoms in total. The van der Waals surface area contributed by atoms with Crippen molar-refractivity contribution in [2.24, 2.45) is 17.3 Å². The number of carboxylic acids is 1. The minimum Gasteiger partial charge on any atom is -0.481 e. The molecule has 0 spiro atoms. The number of rotatable bonds is 8. The standard InChI is InChI=1S/C16H27N3O3/c1-12(15(21)22)13(10-16(2,3)4)14(20)18-6-5-8-19-9-7-17-11-19/h7,9,11-13H,5-6,8,10H2,1-4H3,(H,18,20)(H,21,22). The van der Waals surface area contributed by atoms with Crippen LogP contribution in [-0.2, 0) is 16.1 Å². The third kappa shape index (κ3) is 6.28. The average molecular weight is 309 g/mol. The predicted molar refractivity (Wildman–Crippen MR) is 84.2 cm³/mol. The number of aryl methyl sites for hydroxylation is 1.